The van der Waals surface area contributed by atoms with Crippen LogP contribution in [0.15, 0.2) is 23.1 Å². The number of hydrogen-bond donors (Lipinski definition) is 0. The molecule has 0 saturated carbocycles. The van der Waals surface area contributed by atoms with Crippen LogP contribution in [-0.4, -0.2) is 12.6 Å². The fourth-order valence-electron chi connectivity index (χ4n) is 0.855. The molecule has 0 bridgehead atoms. The molecule has 1 rings (SSSR count). The van der Waals surface area contributed by atoms with E-state index < -0.39 is 17.9 Å². The fraction of sp³-hybridized carbons (Fsp3) is 0.250. The molecule has 1 aromatic carbocycles. The summed E-state index contributed by atoms with van der Waals surface area (Å²) >= 11 is 1.05. The summed E-state index contributed by atoms with van der Waals surface area (Å²) in [5.74, 6) is -1.27. The monoisotopic (exact) mass is 226 g/mol. The van der Waals surface area contributed by atoms with Crippen molar-refractivity contribution >= 4 is 11.8 Å². The molecule has 1 aromatic rings. The molecule has 0 amide bonds. The summed E-state index contributed by atoms with van der Waals surface area (Å²) < 4.78 is 51.8. The van der Waals surface area contributed by atoms with Crippen molar-refractivity contribution in [3.05, 3.63) is 24.0 Å². The van der Waals surface area contributed by atoms with E-state index in [-0.39, 0.29) is 4.90 Å². The first-order valence-electron chi connectivity index (χ1n) is 3.51. The molecule has 0 fully saturated rings. The Bertz CT molecular complexity index is 324. The van der Waals surface area contributed by atoms with Gasteiger partial charge in [0.2, 0.25) is 0 Å². The molecule has 0 spiro atoms. The molecule has 14 heavy (non-hydrogen) atoms. The molecule has 0 N–H and O–H groups in total. The highest BCUT2D eigenvalue weighted by Gasteiger charge is 2.32. The van der Waals surface area contributed by atoms with Crippen molar-refractivity contribution in [3.8, 4) is 5.75 Å². The first-order chi connectivity index (χ1) is 6.42. The average Bonchev–Trinajstić information content (AvgIpc) is 2.01. The number of halogens is 4. The van der Waals surface area contributed by atoms with Crippen molar-refractivity contribution in [2.45, 2.75) is 11.3 Å². The number of rotatable bonds is 2. The van der Waals surface area contributed by atoms with Gasteiger partial charge in [0.15, 0.2) is 0 Å². The zero-order valence-corrected chi connectivity index (χ0v) is 7.88. The average molecular weight is 226 g/mol. The fourth-order valence-corrected chi connectivity index (χ4v) is 1.36. The first kappa shape index (κ1) is 11.2. The van der Waals surface area contributed by atoms with E-state index in [1.165, 1.54) is 6.07 Å². The summed E-state index contributed by atoms with van der Waals surface area (Å²) in [6.45, 7) is 0. The summed E-state index contributed by atoms with van der Waals surface area (Å²) in [7, 11) is 0. The van der Waals surface area contributed by atoms with Crippen LogP contribution in [-0.2, 0) is 0 Å². The molecule has 1 nitrogen and oxygen atoms in total. The minimum absolute atomic E-state index is 0.240. The van der Waals surface area contributed by atoms with Crippen molar-refractivity contribution < 1.29 is 22.3 Å². The normalized spacial score (nSPS) is 11.5. The predicted octanol–water partition coefficient (Wildman–Crippen LogP) is 3.45. The van der Waals surface area contributed by atoms with E-state index in [1.807, 2.05) is 0 Å². The molecular weight excluding hydrogens is 220 g/mol. The third kappa shape index (κ3) is 3.10. The summed E-state index contributed by atoms with van der Waals surface area (Å²) in [6, 6.07) is 3.02. The summed E-state index contributed by atoms with van der Waals surface area (Å²) in [6.07, 6.45) is -3.21. The zero-order chi connectivity index (χ0) is 10.8. The van der Waals surface area contributed by atoms with Crippen LogP contribution >= 0.6 is 11.8 Å². The van der Waals surface area contributed by atoms with Gasteiger partial charge in [-0.05, 0) is 18.4 Å². The van der Waals surface area contributed by atoms with Gasteiger partial charge < -0.3 is 4.74 Å². The van der Waals surface area contributed by atoms with Crippen molar-refractivity contribution in [2.75, 3.05) is 6.26 Å². The van der Waals surface area contributed by atoms with Crippen LogP contribution in [0, 0.1) is 5.82 Å². The molecule has 0 aliphatic carbocycles. The molecule has 6 heteroatoms. The third-order valence-electron chi connectivity index (χ3n) is 1.35. The Morgan fingerprint density at radius 1 is 1.29 bits per heavy atom. The lowest BCUT2D eigenvalue weighted by Crippen LogP contribution is -2.17. The van der Waals surface area contributed by atoms with Crippen molar-refractivity contribution in [3.63, 3.8) is 0 Å². The Labute approximate surface area is 82.1 Å². The van der Waals surface area contributed by atoms with Crippen LogP contribution in [0.2, 0.25) is 0 Å². The van der Waals surface area contributed by atoms with E-state index in [1.54, 1.807) is 6.26 Å². The molecular formula is C8H6F4OS. The Hall–Kier alpha value is -0.910. The summed E-state index contributed by atoms with van der Waals surface area (Å²) in [4.78, 5) is 0.240. The third-order valence-corrected chi connectivity index (χ3v) is 2.13. The lowest BCUT2D eigenvalue weighted by molar-refractivity contribution is -0.275. The molecule has 0 unspecified atom stereocenters. The van der Waals surface area contributed by atoms with E-state index in [4.69, 9.17) is 0 Å². The highest BCUT2D eigenvalue weighted by Crippen LogP contribution is 2.32. The molecule has 0 aromatic heterocycles. The summed E-state index contributed by atoms with van der Waals surface area (Å²) in [5.41, 5.74) is 0. The molecule has 0 radical (unpaired) electrons. The SMILES string of the molecule is CSc1ccc(F)cc1OC(F)(F)F. The minimum atomic E-state index is -4.79. The second kappa shape index (κ2) is 4.08. The van der Waals surface area contributed by atoms with Gasteiger partial charge in [-0.1, -0.05) is 0 Å². The number of benzene rings is 1. The van der Waals surface area contributed by atoms with Gasteiger partial charge in [0.1, 0.15) is 11.6 Å². The van der Waals surface area contributed by atoms with E-state index in [0.717, 1.165) is 17.8 Å². The maximum Gasteiger partial charge on any atom is 0.573 e. The number of thioether (sulfide) groups is 1. The van der Waals surface area contributed by atoms with Crippen LogP contribution in [0.4, 0.5) is 17.6 Å². The molecule has 0 saturated heterocycles. The van der Waals surface area contributed by atoms with Crippen LogP contribution < -0.4 is 4.74 Å². The van der Waals surface area contributed by atoms with Gasteiger partial charge in [-0.3, -0.25) is 0 Å². The maximum atomic E-state index is 12.6. The molecule has 0 heterocycles. The maximum absolute atomic E-state index is 12.6. The molecule has 0 atom stereocenters. The standard InChI is InChI=1S/C8H6F4OS/c1-14-7-3-2-5(9)4-6(7)13-8(10,11)12/h2-4H,1H3. The number of alkyl halides is 3. The van der Waals surface area contributed by atoms with E-state index in [9.17, 15) is 17.6 Å². The molecule has 78 valence electrons. The quantitative estimate of drug-likeness (QED) is 0.564. The topological polar surface area (TPSA) is 9.23 Å². The minimum Gasteiger partial charge on any atom is -0.404 e. The summed E-state index contributed by atoms with van der Waals surface area (Å²) in [5, 5.41) is 0. The van der Waals surface area contributed by atoms with Gasteiger partial charge in [0.05, 0.1) is 0 Å². The van der Waals surface area contributed by atoms with Gasteiger partial charge in [-0.2, -0.15) is 0 Å². The second-order valence-electron chi connectivity index (χ2n) is 2.34. The first-order valence-corrected chi connectivity index (χ1v) is 4.74. The van der Waals surface area contributed by atoms with Crippen molar-refractivity contribution in [1.82, 2.24) is 0 Å². The van der Waals surface area contributed by atoms with E-state index in [2.05, 4.69) is 4.74 Å². The van der Waals surface area contributed by atoms with Crippen LogP contribution in [0.1, 0.15) is 0 Å². The molecule has 0 aliphatic heterocycles. The van der Waals surface area contributed by atoms with Gasteiger partial charge in [-0.25, -0.2) is 4.39 Å². The van der Waals surface area contributed by atoms with Gasteiger partial charge in [0.25, 0.3) is 0 Å². The second-order valence-corrected chi connectivity index (χ2v) is 3.19. The Kier molecular flexibility index (Phi) is 3.25. The number of ether oxygens (including phenoxy) is 1. The smallest absolute Gasteiger partial charge is 0.404 e. The van der Waals surface area contributed by atoms with E-state index >= 15 is 0 Å². The largest absolute Gasteiger partial charge is 0.573 e. The van der Waals surface area contributed by atoms with Crippen molar-refractivity contribution in [1.29, 1.82) is 0 Å². The van der Waals surface area contributed by atoms with Crippen LogP contribution in [0.5, 0.6) is 5.75 Å². The highest BCUT2D eigenvalue weighted by molar-refractivity contribution is 7.98. The Morgan fingerprint density at radius 2 is 1.93 bits per heavy atom. The highest BCUT2D eigenvalue weighted by atomic mass is 32.2. The van der Waals surface area contributed by atoms with Gasteiger partial charge >= 0.3 is 6.36 Å². The van der Waals surface area contributed by atoms with Gasteiger partial charge in [0, 0.05) is 11.0 Å². The lowest BCUT2D eigenvalue weighted by Gasteiger charge is -2.11. The van der Waals surface area contributed by atoms with Crippen LogP contribution in [0.25, 0.3) is 0 Å². The van der Waals surface area contributed by atoms with E-state index in [0.29, 0.717) is 6.07 Å². The van der Waals surface area contributed by atoms with Crippen LogP contribution in [0.3, 0.4) is 0 Å². The Balaban J connectivity index is 2.99. The Morgan fingerprint density at radius 3 is 2.43 bits per heavy atom. The van der Waals surface area contributed by atoms with Gasteiger partial charge in [-0.15, -0.1) is 24.9 Å². The van der Waals surface area contributed by atoms with Crippen molar-refractivity contribution in [2.24, 2.45) is 0 Å². The predicted molar refractivity (Wildman–Crippen MR) is 44.9 cm³/mol. The molecule has 0 aliphatic rings. The number of hydrogen-bond acceptors (Lipinski definition) is 2. The zero-order valence-electron chi connectivity index (χ0n) is 7.06. The lowest BCUT2D eigenvalue weighted by atomic mass is 10.3.